The van der Waals surface area contributed by atoms with Crippen molar-refractivity contribution in [3.05, 3.63) is 63.7 Å². The minimum absolute atomic E-state index is 0.0286. The lowest BCUT2D eigenvalue weighted by Gasteiger charge is -2.31. The number of nitrogens with one attached hydrogen (secondary N) is 2. The van der Waals surface area contributed by atoms with Crippen molar-refractivity contribution in [2.24, 2.45) is 5.92 Å². The van der Waals surface area contributed by atoms with Gasteiger partial charge in [0, 0.05) is 23.0 Å². The third-order valence-electron chi connectivity index (χ3n) is 6.52. The number of hydrogen-bond donors (Lipinski definition) is 4. The van der Waals surface area contributed by atoms with E-state index in [2.05, 4.69) is 55.9 Å². The number of aryl methyl sites for hydroxylation is 1. The number of aliphatic hydroxyl groups excluding tert-OH is 1. The fraction of sp³-hybridized carbons (Fsp3) is 0.458. The van der Waals surface area contributed by atoms with E-state index in [9.17, 15) is 15.0 Å². The molecule has 4 unspecified atom stereocenters. The van der Waals surface area contributed by atoms with Gasteiger partial charge in [0.1, 0.15) is 11.8 Å². The molecule has 166 valence electrons. The number of phenols is 1. The van der Waals surface area contributed by atoms with Crippen LogP contribution < -0.4 is 10.9 Å². The van der Waals surface area contributed by atoms with Crippen molar-refractivity contribution in [3.63, 3.8) is 0 Å². The number of β-amino-alcohol motifs (C(OH)–C–C–N with tert-alkyl or cyclic N) is 1. The maximum atomic E-state index is 13.2. The number of amides is 1. The molecule has 4 N–H and O–H groups in total. The summed E-state index contributed by atoms with van der Waals surface area (Å²) in [5.41, 5.74) is 10.0. The van der Waals surface area contributed by atoms with Crippen molar-refractivity contribution < 1.29 is 15.0 Å². The van der Waals surface area contributed by atoms with Crippen LogP contribution in [-0.4, -0.2) is 40.2 Å². The van der Waals surface area contributed by atoms with Crippen LogP contribution >= 0.6 is 11.6 Å². The Morgan fingerprint density at radius 1 is 1.10 bits per heavy atom. The monoisotopic (exact) mass is 443 g/mol. The lowest BCUT2D eigenvalue weighted by atomic mass is 9.81. The summed E-state index contributed by atoms with van der Waals surface area (Å²) in [6, 6.07) is 10.8. The normalized spacial score (nSPS) is 25.9. The predicted octanol–water partition coefficient (Wildman–Crippen LogP) is 3.36. The van der Waals surface area contributed by atoms with Gasteiger partial charge in [-0.1, -0.05) is 56.6 Å². The van der Waals surface area contributed by atoms with E-state index < -0.39 is 6.04 Å². The number of carbonyl (C=O) groups excluding carboxylic acids is 1. The Labute approximate surface area is 188 Å². The molecule has 4 rings (SSSR count). The van der Waals surface area contributed by atoms with Crippen LogP contribution in [0.5, 0.6) is 5.75 Å². The first-order valence-electron chi connectivity index (χ1n) is 10.7. The van der Waals surface area contributed by atoms with E-state index in [1.807, 2.05) is 6.92 Å². The summed E-state index contributed by atoms with van der Waals surface area (Å²) in [6.45, 7) is 8.49. The average Bonchev–Trinajstić information content (AvgIpc) is 3.24. The number of aliphatic hydroxyl groups is 1. The van der Waals surface area contributed by atoms with Gasteiger partial charge >= 0.3 is 0 Å². The molecule has 2 saturated heterocycles. The molecule has 2 heterocycles. The number of aromatic hydroxyl groups is 1. The number of hydrazine groups is 1. The van der Waals surface area contributed by atoms with Gasteiger partial charge in [-0.15, -0.1) is 0 Å². The Bertz CT molecular complexity index is 987. The number of phenolic OH excluding ortho intramolecular Hbond substituents is 1. The largest absolute Gasteiger partial charge is 0.508 e. The Hall–Kier alpha value is -2.12. The second-order valence-electron chi connectivity index (χ2n) is 9.55. The number of carbonyl (C=O) groups is 1. The standard InChI is InChI=1S/C24H30ClN3O3/c1-13-11-18(30)16(12-17(13)25)20-19-21(27-26-20)23(31)28(9-10-29)22(19)14-5-7-15(8-6-14)24(2,3)4/h5-8,11-12,19-22,26-27,29-30H,9-10H2,1-4H3. The Morgan fingerprint density at radius 2 is 1.74 bits per heavy atom. The first kappa shape index (κ1) is 22.1. The van der Waals surface area contributed by atoms with Gasteiger partial charge in [0.15, 0.2) is 0 Å². The molecule has 0 aliphatic carbocycles. The van der Waals surface area contributed by atoms with E-state index in [1.165, 1.54) is 5.56 Å². The van der Waals surface area contributed by atoms with Gasteiger partial charge < -0.3 is 15.1 Å². The summed E-state index contributed by atoms with van der Waals surface area (Å²) in [7, 11) is 0. The van der Waals surface area contributed by atoms with Crippen molar-refractivity contribution in [1.29, 1.82) is 0 Å². The van der Waals surface area contributed by atoms with Crippen LogP contribution in [-0.2, 0) is 10.2 Å². The number of halogens is 1. The number of likely N-dealkylation sites (tertiary alicyclic amines) is 1. The van der Waals surface area contributed by atoms with E-state index >= 15 is 0 Å². The Balaban J connectivity index is 1.77. The van der Waals surface area contributed by atoms with Crippen LogP contribution in [0.4, 0.5) is 0 Å². The van der Waals surface area contributed by atoms with E-state index in [1.54, 1.807) is 17.0 Å². The lowest BCUT2D eigenvalue weighted by molar-refractivity contribution is -0.131. The molecule has 2 fully saturated rings. The third kappa shape index (κ3) is 3.82. The minimum atomic E-state index is -0.455. The topological polar surface area (TPSA) is 84.8 Å². The average molecular weight is 444 g/mol. The minimum Gasteiger partial charge on any atom is -0.508 e. The maximum Gasteiger partial charge on any atom is 0.242 e. The fourth-order valence-electron chi connectivity index (χ4n) is 4.83. The van der Waals surface area contributed by atoms with Crippen molar-refractivity contribution in [1.82, 2.24) is 15.8 Å². The van der Waals surface area contributed by atoms with Crippen LogP contribution in [0.15, 0.2) is 36.4 Å². The molecule has 0 bridgehead atoms. The molecule has 2 aromatic rings. The van der Waals surface area contributed by atoms with Gasteiger partial charge in [-0.25, -0.2) is 10.9 Å². The summed E-state index contributed by atoms with van der Waals surface area (Å²) in [5, 5.41) is 20.8. The first-order chi connectivity index (χ1) is 14.6. The molecule has 0 saturated carbocycles. The summed E-state index contributed by atoms with van der Waals surface area (Å²) in [5.74, 6) is -0.0856. The molecule has 4 atom stereocenters. The van der Waals surface area contributed by atoms with Crippen molar-refractivity contribution in [2.75, 3.05) is 13.2 Å². The molecule has 2 aromatic carbocycles. The van der Waals surface area contributed by atoms with Crippen LogP contribution in [0, 0.1) is 12.8 Å². The summed E-state index contributed by atoms with van der Waals surface area (Å²) in [4.78, 5) is 14.9. The highest BCUT2D eigenvalue weighted by Crippen LogP contribution is 2.49. The van der Waals surface area contributed by atoms with Crippen LogP contribution in [0.1, 0.15) is 55.1 Å². The van der Waals surface area contributed by atoms with E-state index in [0.29, 0.717) is 10.6 Å². The third-order valence-corrected chi connectivity index (χ3v) is 6.92. The molecule has 2 aliphatic rings. The molecule has 0 aromatic heterocycles. The van der Waals surface area contributed by atoms with Crippen molar-refractivity contribution >= 4 is 17.5 Å². The van der Waals surface area contributed by atoms with Gasteiger partial charge in [0.2, 0.25) is 5.91 Å². The first-order valence-corrected chi connectivity index (χ1v) is 11.0. The molecule has 7 heteroatoms. The zero-order chi connectivity index (χ0) is 22.5. The zero-order valence-electron chi connectivity index (χ0n) is 18.3. The molecule has 0 spiro atoms. The van der Waals surface area contributed by atoms with Crippen molar-refractivity contribution in [2.45, 2.75) is 51.2 Å². The van der Waals surface area contributed by atoms with Gasteiger partial charge in [-0.05, 0) is 41.2 Å². The summed E-state index contributed by atoms with van der Waals surface area (Å²) >= 11 is 6.36. The molecular weight excluding hydrogens is 414 g/mol. The van der Waals surface area contributed by atoms with Gasteiger partial charge in [0.05, 0.1) is 18.7 Å². The maximum absolute atomic E-state index is 13.2. The highest BCUT2D eigenvalue weighted by Gasteiger charge is 2.55. The van der Waals surface area contributed by atoms with E-state index in [0.717, 1.165) is 11.1 Å². The Kier molecular flexibility index (Phi) is 5.77. The van der Waals surface area contributed by atoms with E-state index in [4.69, 9.17) is 11.6 Å². The number of hydrogen-bond acceptors (Lipinski definition) is 5. The second-order valence-corrected chi connectivity index (χ2v) is 9.96. The highest BCUT2D eigenvalue weighted by atomic mass is 35.5. The fourth-order valence-corrected chi connectivity index (χ4v) is 5.01. The van der Waals surface area contributed by atoms with Crippen LogP contribution in [0.3, 0.4) is 0 Å². The zero-order valence-corrected chi connectivity index (χ0v) is 19.1. The molecule has 31 heavy (non-hydrogen) atoms. The lowest BCUT2D eigenvalue weighted by Crippen LogP contribution is -2.42. The predicted molar refractivity (Wildman–Crippen MR) is 121 cm³/mol. The molecule has 0 radical (unpaired) electrons. The molecule has 6 nitrogen and oxygen atoms in total. The number of fused-ring (bicyclic) bond motifs is 1. The number of benzene rings is 2. The SMILES string of the molecule is Cc1cc(O)c(C2NNC3C(=O)N(CCO)C(c4ccc(C(C)(C)C)cc4)C32)cc1Cl. The molecule has 2 aliphatic heterocycles. The van der Waals surface area contributed by atoms with Gasteiger partial charge in [-0.3, -0.25) is 4.79 Å². The van der Waals surface area contributed by atoms with Crippen molar-refractivity contribution in [3.8, 4) is 5.75 Å². The van der Waals surface area contributed by atoms with Gasteiger partial charge in [-0.2, -0.15) is 0 Å². The molecular formula is C24H30ClN3O3. The Morgan fingerprint density at radius 3 is 2.35 bits per heavy atom. The van der Waals surface area contributed by atoms with Crippen LogP contribution in [0.2, 0.25) is 5.02 Å². The van der Waals surface area contributed by atoms with E-state index in [-0.39, 0.29) is 48.2 Å². The molecule has 1 amide bonds. The number of rotatable bonds is 4. The second kappa shape index (κ2) is 8.10. The summed E-state index contributed by atoms with van der Waals surface area (Å²) < 4.78 is 0. The van der Waals surface area contributed by atoms with Crippen LogP contribution in [0.25, 0.3) is 0 Å². The smallest absolute Gasteiger partial charge is 0.242 e. The quantitative estimate of drug-likeness (QED) is 0.582. The summed E-state index contributed by atoms with van der Waals surface area (Å²) in [6.07, 6.45) is 0. The number of nitrogens with zero attached hydrogens (tertiary/aromatic N) is 1. The highest BCUT2D eigenvalue weighted by molar-refractivity contribution is 6.31. The van der Waals surface area contributed by atoms with Gasteiger partial charge in [0.25, 0.3) is 0 Å².